The van der Waals surface area contributed by atoms with Crippen molar-refractivity contribution in [1.82, 2.24) is 19.8 Å². The molecular weight excluding hydrogens is 396 g/mol. The summed E-state index contributed by atoms with van der Waals surface area (Å²) in [6.07, 6.45) is 3.70. The second-order valence-electron chi connectivity index (χ2n) is 8.92. The molecule has 0 saturated carbocycles. The highest BCUT2D eigenvalue weighted by Crippen LogP contribution is 2.32. The minimum absolute atomic E-state index is 0.0482. The van der Waals surface area contributed by atoms with Gasteiger partial charge in [-0.1, -0.05) is 6.92 Å². The van der Waals surface area contributed by atoms with Crippen molar-refractivity contribution < 1.29 is 14.3 Å². The molecule has 1 unspecified atom stereocenters. The Morgan fingerprint density at radius 1 is 1.00 bits per heavy atom. The number of rotatable bonds is 6. The Morgan fingerprint density at radius 3 is 2.52 bits per heavy atom. The molecule has 0 bridgehead atoms. The fraction of sp³-hybridized carbons (Fsp3) is 0.773. The molecule has 5 rings (SSSR count). The molecule has 0 aromatic carbocycles. The van der Waals surface area contributed by atoms with Crippen LogP contribution in [-0.2, 0) is 16.0 Å². The fourth-order valence-corrected chi connectivity index (χ4v) is 5.03. The Hall–Kier alpha value is -1.97. The summed E-state index contributed by atoms with van der Waals surface area (Å²) in [5.41, 5.74) is 1.60. The van der Waals surface area contributed by atoms with Crippen LogP contribution in [-0.4, -0.2) is 104 Å². The molecule has 1 aromatic rings. The first-order valence-electron chi connectivity index (χ1n) is 11.8. The van der Waals surface area contributed by atoms with Gasteiger partial charge in [0.15, 0.2) is 0 Å². The Balaban J connectivity index is 1.36. The van der Waals surface area contributed by atoms with Crippen LogP contribution < -0.4 is 9.80 Å². The van der Waals surface area contributed by atoms with E-state index in [4.69, 9.17) is 19.4 Å². The van der Waals surface area contributed by atoms with Gasteiger partial charge in [-0.3, -0.25) is 9.69 Å². The number of aromatic nitrogens is 2. The van der Waals surface area contributed by atoms with Crippen molar-refractivity contribution in [3.8, 4) is 0 Å². The van der Waals surface area contributed by atoms with Gasteiger partial charge in [0, 0.05) is 64.5 Å². The molecule has 5 heterocycles. The molecule has 1 amide bonds. The third-order valence-corrected chi connectivity index (χ3v) is 6.76. The first kappa shape index (κ1) is 20.9. The van der Waals surface area contributed by atoms with Crippen LogP contribution in [0, 0.1) is 0 Å². The van der Waals surface area contributed by atoms with Gasteiger partial charge in [-0.05, 0) is 19.3 Å². The minimum Gasteiger partial charge on any atom is -0.378 e. The third-order valence-electron chi connectivity index (χ3n) is 6.76. The summed E-state index contributed by atoms with van der Waals surface area (Å²) in [6, 6.07) is 0. The number of carbonyl (C=O) groups excluding carboxylic acids is 1. The molecule has 0 radical (unpaired) electrons. The van der Waals surface area contributed by atoms with E-state index in [0.29, 0.717) is 37.5 Å². The van der Waals surface area contributed by atoms with Gasteiger partial charge in [0.05, 0.1) is 25.9 Å². The topological polar surface area (TPSA) is 74.3 Å². The molecule has 0 N–H and O–H groups in total. The van der Waals surface area contributed by atoms with Crippen LogP contribution >= 0.6 is 0 Å². The second-order valence-corrected chi connectivity index (χ2v) is 8.92. The zero-order valence-electron chi connectivity index (χ0n) is 18.6. The van der Waals surface area contributed by atoms with Crippen molar-refractivity contribution in [2.24, 2.45) is 0 Å². The Kier molecular flexibility index (Phi) is 6.24. The minimum atomic E-state index is 0.0482. The van der Waals surface area contributed by atoms with Crippen molar-refractivity contribution in [3.05, 3.63) is 11.3 Å². The molecule has 170 valence electrons. The van der Waals surface area contributed by atoms with Gasteiger partial charge in [-0.25, -0.2) is 4.98 Å². The van der Waals surface area contributed by atoms with Crippen LogP contribution in [0.15, 0.2) is 0 Å². The van der Waals surface area contributed by atoms with E-state index in [1.807, 2.05) is 4.90 Å². The van der Waals surface area contributed by atoms with E-state index in [1.165, 1.54) is 12.8 Å². The summed E-state index contributed by atoms with van der Waals surface area (Å²) in [6.45, 7) is 12.1. The average molecular weight is 431 g/mol. The Bertz CT molecular complexity index is 786. The number of hydrogen-bond acceptors (Lipinski definition) is 8. The number of amides is 1. The van der Waals surface area contributed by atoms with Crippen LogP contribution in [0.1, 0.15) is 42.2 Å². The lowest BCUT2D eigenvalue weighted by Gasteiger charge is -2.37. The van der Waals surface area contributed by atoms with Gasteiger partial charge in [-0.2, -0.15) is 4.98 Å². The number of morpholine rings is 1. The van der Waals surface area contributed by atoms with Crippen LogP contribution in [0.4, 0.5) is 11.8 Å². The molecular formula is C22H34N6O3. The number of fused-ring (bicyclic) bond motifs is 1. The fourth-order valence-electron chi connectivity index (χ4n) is 5.03. The standard InChI is InChI=1S/C22H34N6O3/c1-2-5-28-16-18-19(21(28)29)23-22(27-10-13-30-14-11-27)24-20(18)26-8-6-25(7-9-26)15-17-4-3-12-31-17/h17H,2-16H2,1H3. The zero-order chi connectivity index (χ0) is 21.2. The van der Waals surface area contributed by atoms with Gasteiger partial charge >= 0.3 is 0 Å². The lowest BCUT2D eigenvalue weighted by Crippen LogP contribution is -2.49. The Labute approximate surface area is 184 Å². The van der Waals surface area contributed by atoms with Gasteiger partial charge in [-0.15, -0.1) is 0 Å². The van der Waals surface area contributed by atoms with E-state index in [1.54, 1.807) is 0 Å². The molecule has 9 heteroatoms. The van der Waals surface area contributed by atoms with E-state index in [9.17, 15) is 4.79 Å². The zero-order valence-corrected chi connectivity index (χ0v) is 18.6. The summed E-state index contributed by atoms with van der Waals surface area (Å²) in [5.74, 6) is 1.67. The SMILES string of the molecule is CCCN1Cc2c(nc(N3CCOCC3)nc2N2CCN(CC3CCCO3)CC2)C1=O. The predicted octanol–water partition coefficient (Wildman–Crippen LogP) is 0.980. The van der Waals surface area contributed by atoms with Crippen molar-refractivity contribution in [1.29, 1.82) is 0 Å². The maximum absolute atomic E-state index is 13.1. The van der Waals surface area contributed by atoms with E-state index in [2.05, 4.69) is 21.6 Å². The van der Waals surface area contributed by atoms with Gasteiger partial charge in [0.25, 0.3) is 5.91 Å². The molecule has 0 aliphatic carbocycles. The monoisotopic (exact) mass is 430 g/mol. The quantitative estimate of drug-likeness (QED) is 0.661. The average Bonchev–Trinajstić information content (AvgIpc) is 3.43. The maximum Gasteiger partial charge on any atom is 0.273 e. The molecule has 4 aliphatic rings. The molecule has 3 saturated heterocycles. The van der Waals surface area contributed by atoms with Crippen LogP contribution in [0.25, 0.3) is 0 Å². The molecule has 31 heavy (non-hydrogen) atoms. The highest BCUT2D eigenvalue weighted by Gasteiger charge is 2.35. The maximum atomic E-state index is 13.1. The summed E-state index contributed by atoms with van der Waals surface area (Å²) in [4.78, 5) is 31.7. The first-order valence-corrected chi connectivity index (χ1v) is 11.8. The second kappa shape index (κ2) is 9.26. The molecule has 0 spiro atoms. The van der Waals surface area contributed by atoms with Gasteiger partial charge < -0.3 is 24.2 Å². The number of hydrogen-bond donors (Lipinski definition) is 0. The summed E-state index contributed by atoms with van der Waals surface area (Å²) < 4.78 is 11.3. The molecule has 4 aliphatic heterocycles. The van der Waals surface area contributed by atoms with Crippen LogP contribution in [0.5, 0.6) is 0 Å². The third kappa shape index (κ3) is 4.36. The normalized spacial score (nSPS) is 24.9. The Morgan fingerprint density at radius 2 is 1.81 bits per heavy atom. The smallest absolute Gasteiger partial charge is 0.273 e. The molecule has 3 fully saturated rings. The highest BCUT2D eigenvalue weighted by molar-refractivity contribution is 5.98. The van der Waals surface area contributed by atoms with E-state index in [0.717, 1.165) is 76.8 Å². The summed E-state index contributed by atoms with van der Waals surface area (Å²) >= 11 is 0. The number of carbonyl (C=O) groups is 1. The van der Waals surface area contributed by atoms with E-state index in [-0.39, 0.29) is 5.91 Å². The van der Waals surface area contributed by atoms with Crippen LogP contribution in [0.3, 0.4) is 0 Å². The van der Waals surface area contributed by atoms with Crippen molar-refractivity contribution in [2.45, 2.75) is 38.8 Å². The summed E-state index contributed by atoms with van der Waals surface area (Å²) in [5, 5.41) is 0. The van der Waals surface area contributed by atoms with Crippen molar-refractivity contribution in [2.75, 3.05) is 82.0 Å². The highest BCUT2D eigenvalue weighted by atomic mass is 16.5. The van der Waals surface area contributed by atoms with Gasteiger partial charge in [0.2, 0.25) is 5.95 Å². The van der Waals surface area contributed by atoms with E-state index >= 15 is 0 Å². The first-order chi connectivity index (χ1) is 15.2. The van der Waals surface area contributed by atoms with E-state index < -0.39 is 0 Å². The number of ether oxygens (including phenoxy) is 2. The number of anilines is 2. The van der Waals surface area contributed by atoms with Crippen molar-refractivity contribution >= 4 is 17.7 Å². The molecule has 1 aromatic heterocycles. The lowest BCUT2D eigenvalue weighted by atomic mass is 10.2. The molecule has 9 nitrogen and oxygen atoms in total. The number of piperazine rings is 1. The summed E-state index contributed by atoms with van der Waals surface area (Å²) in [7, 11) is 0. The van der Waals surface area contributed by atoms with Crippen LogP contribution in [0.2, 0.25) is 0 Å². The molecule has 1 atom stereocenters. The lowest BCUT2D eigenvalue weighted by molar-refractivity contribution is 0.0712. The largest absolute Gasteiger partial charge is 0.378 e. The predicted molar refractivity (Wildman–Crippen MR) is 118 cm³/mol. The number of nitrogens with zero attached hydrogens (tertiary/aromatic N) is 6. The van der Waals surface area contributed by atoms with Crippen molar-refractivity contribution in [3.63, 3.8) is 0 Å². The van der Waals surface area contributed by atoms with Gasteiger partial charge in [0.1, 0.15) is 11.5 Å².